The molecule has 3 aliphatic rings. The van der Waals surface area contributed by atoms with Crippen LogP contribution in [0.3, 0.4) is 0 Å². The maximum Gasteiger partial charge on any atom is 0.331 e. The third-order valence-electron chi connectivity index (χ3n) is 5.87. The molecule has 0 aromatic heterocycles. The number of hydrogen-bond donors (Lipinski definition) is 1. The number of carbonyl (C=O) groups is 3. The van der Waals surface area contributed by atoms with Crippen molar-refractivity contribution in [3.63, 3.8) is 0 Å². The topological polar surface area (TPSA) is 130 Å². The minimum Gasteiger partial charge on any atom is -0.371 e. The first-order chi connectivity index (χ1) is 15.4. The Labute approximate surface area is 194 Å². The van der Waals surface area contributed by atoms with Gasteiger partial charge in [0.15, 0.2) is 0 Å². The Bertz CT molecular complexity index is 803. The van der Waals surface area contributed by atoms with Crippen molar-refractivity contribution in [3.8, 4) is 0 Å². The van der Waals surface area contributed by atoms with E-state index >= 15 is 0 Å². The Hall–Kier alpha value is -1.52. The summed E-state index contributed by atoms with van der Waals surface area (Å²) in [6.45, 7) is 10.9. The summed E-state index contributed by atoms with van der Waals surface area (Å²) in [5.41, 5.74) is -1.96. The molecule has 3 saturated heterocycles. The van der Waals surface area contributed by atoms with Crippen molar-refractivity contribution in [3.05, 3.63) is 0 Å². The van der Waals surface area contributed by atoms with Crippen molar-refractivity contribution in [2.75, 3.05) is 45.7 Å². The van der Waals surface area contributed by atoms with Crippen LogP contribution in [0.1, 0.15) is 47.5 Å². The molecule has 4 amide bonds. The normalized spacial score (nSPS) is 27.3. The third kappa shape index (κ3) is 6.54. The number of hydrogen-bond acceptors (Lipinski definition) is 8. The molecule has 33 heavy (non-hydrogen) atoms. The number of ether oxygens (including phenoxy) is 2. The summed E-state index contributed by atoms with van der Waals surface area (Å²) in [5.74, 6) is -0.636. The van der Waals surface area contributed by atoms with E-state index < -0.39 is 18.7 Å². The van der Waals surface area contributed by atoms with Gasteiger partial charge in [0.2, 0.25) is 5.91 Å². The summed E-state index contributed by atoms with van der Waals surface area (Å²) in [6.07, 6.45) is -0.0687. The zero-order valence-electron chi connectivity index (χ0n) is 20.1. The van der Waals surface area contributed by atoms with E-state index in [0.29, 0.717) is 19.8 Å². The highest BCUT2D eigenvalue weighted by Crippen LogP contribution is 2.48. The zero-order chi connectivity index (χ0) is 24.4. The smallest absolute Gasteiger partial charge is 0.331 e. The molecule has 12 heteroatoms. The molecule has 3 aliphatic heterocycles. The Kier molecular flexibility index (Phi) is 7.90. The molecular formula is C21H36N3O8P. The van der Waals surface area contributed by atoms with Crippen LogP contribution in [-0.4, -0.2) is 96.6 Å². The molecule has 3 fully saturated rings. The number of nitrogens with zero attached hydrogens (tertiary/aromatic N) is 2. The number of urea groups is 1. The number of carbonyl (C=O) groups excluding carboxylic acids is 3. The van der Waals surface area contributed by atoms with Crippen LogP contribution in [-0.2, 0) is 32.7 Å². The van der Waals surface area contributed by atoms with Crippen LogP contribution >= 0.6 is 7.60 Å². The first-order valence-electron chi connectivity index (χ1n) is 11.5. The van der Waals surface area contributed by atoms with Crippen LogP contribution in [0, 0.1) is 0 Å². The van der Waals surface area contributed by atoms with E-state index in [1.54, 1.807) is 39.5 Å². The molecular weight excluding hydrogens is 453 g/mol. The van der Waals surface area contributed by atoms with E-state index in [0.717, 1.165) is 0 Å². The average molecular weight is 490 g/mol. The fourth-order valence-corrected chi connectivity index (χ4v) is 5.96. The first kappa shape index (κ1) is 26.1. The lowest BCUT2D eigenvalue weighted by Crippen LogP contribution is -2.56. The van der Waals surface area contributed by atoms with Crippen LogP contribution < -0.4 is 5.32 Å². The highest BCUT2D eigenvalue weighted by Gasteiger charge is 2.57. The second kappa shape index (κ2) is 10.00. The van der Waals surface area contributed by atoms with Gasteiger partial charge in [0.05, 0.1) is 57.9 Å². The standard InChI is InChI=1S/C21H36N3O8P/c1-6-31-33(28,32-7-2)9-8-17(25)22-20(3,4)14-21(5)18(26)23(10-15-12-29-15)19(27)24(21)11-16-13-30-16/h15-16H,6-14H2,1-5H3,(H,22,25). The van der Waals surface area contributed by atoms with Crippen molar-refractivity contribution in [1.29, 1.82) is 0 Å². The zero-order valence-corrected chi connectivity index (χ0v) is 21.0. The molecule has 0 aromatic carbocycles. The highest BCUT2D eigenvalue weighted by molar-refractivity contribution is 7.53. The van der Waals surface area contributed by atoms with Crippen LogP contribution in [0.25, 0.3) is 0 Å². The predicted molar refractivity (Wildman–Crippen MR) is 119 cm³/mol. The number of epoxide rings is 2. The van der Waals surface area contributed by atoms with Crippen molar-refractivity contribution in [2.45, 2.75) is 70.7 Å². The number of rotatable bonds is 14. The van der Waals surface area contributed by atoms with Crippen molar-refractivity contribution in [2.24, 2.45) is 0 Å². The lowest BCUT2D eigenvalue weighted by Gasteiger charge is -2.38. The maximum atomic E-state index is 13.4. The van der Waals surface area contributed by atoms with E-state index in [2.05, 4.69) is 5.32 Å². The van der Waals surface area contributed by atoms with Gasteiger partial charge >= 0.3 is 13.6 Å². The van der Waals surface area contributed by atoms with Gasteiger partial charge < -0.3 is 28.7 Å². The molecule has 0 aromatic rings. The summed E-state index contributed by atoms with van der Waals surface area (Å²) in [6, 6.07) is -0.356. The molecule has 3 heterocycles. The summed E-state index contributed by atoms with van der Waals surface area (Å²) in [7, 11) is -3.33. The molecule has 0 spiro atoms. The largest absolute Gasteiger partial charge is 0.371 e. The van der Waals surface area contributed by atoms with Gasteiger partial charge in [-0.25, -0.2) is 4.79 Å². The lowest BCUT2D eigenvalue weighted by atomic mass is 9.84. The molecule has 3 atom stereocenters. The second-order valence-electron chi connectivity index (χ2n) is 9.52. The van der Waals surface area contributed by atoms with E-state index in [1.165, 1.54) is 4.90 Å². The molecule has 1 N–H and O–H groups in total. The fourth-order valence-electron chi connectivity index (χ4n) is 4.36. The Balaban J connectivity index is 1.66. The summed E-state index contributed by atoms with van der Waals surface area (Å²) in [5, 5.41) is 2.92. The molecule has 3 rings (SSSR count). The van der Waals surface area contributed by atoms with E-state index in [1.807, 2.05) is 0 Å². The number of nitrogens with one attached hydrogen (secondary N) is 1. The SMILES string of the molecule is CCOP(=O)(CCC(=O)NC(C)(C)CC1(C)C(=O)N(CC2CO2)C(=O)N1CC1CO1)OCC. The minimum absolute atomic E-state index is 0.0361. The quantitative estimate of drug-likeness (QED) is 0.222. The van der Waals surface area contributed by atoms with Gasteiger partial charge in [0, 0.05) is 18.4 Å². The fraction of sp³-hybridized carbons (Fsp3) is 0.857. The van der Waals surface area contributed by atoms with Crippen LogP contribution in [0.5, 0.6) is 0 Å². The van der Waals surface area contributed by atoms with E-state index in [9.17, 15) is 18.9 Å². The van der Waals surface area contributed by atoms with Gasteiger partial charge in [-0.1, -0.05) is 0 Å². The van der Waals surface area contributed by atoms with Gasteiger partial charge in [-0.3, -0.25) is 19.1 Å². The molecule has 0 aliphatic carbocycles. The van der Waals surface area contributed by atoms with Crippen LogP contribution in [0.15, 0.2) is 0 Å². The highest BCUT2D eigenvalue weighted by atomic mass is 31.2. The molecule has 3 unspecified atom stereocenters. The first-order valence-corrected chi connectivity index (χ1v) is 13.2. The van der Waals surface area contributed by atoms with Crippen molar-refractivity contribution >= 4 is 25.4 Å². The molecule has 0 bridgehead atoms. The Morgan fingerprint density at radius 3 is 2.21 bits per heavy atom. The lowest BCUT2D eigenvalue weighted by molar-refractivity contribution is -0.134. The average Bonchev–Trinajstić information content (AvgIpc) is 3.62. The Morgan fingerprint density at radius 1 is 1.15 bits per heavy atom. The third-order valence-corrected chi connectivity index (χ3v) is 7.94. The molecule has 11 nitrogen and oxygen atoms in total. The predicted octanol–water partition coefficient (Wildman–Crippen LogP) is 1.75. The van der Waals surface area contributed by atoms with E-state index in [-0.39, 0.29) is 68.8 Å². The molecule has 188 valence electrons. The number of imide groups is 1. The van der Waals surface area contributed by atoms with Gasteiger partial charge in [0.1, 0.15) is 5.54 Å². The second-order valence-corrected chi connectivity index (χ2v) is 11.7. The minimum atomic E-state index is -3.33. The van der Waals surface area contributed by atoms with Gasteiger partial charge in [-0.2, -0.15) is 0 Å². The number of amides is 4. The summed E-state index contributed by atoms with van der Waals surface area (Å²) < 4.78 is 33.6. The van der Waals surface area contributed by atoms with E-state index in [4.69, 9.17) is 18.5 Å². The van der Waals surface area contributed by atoms with Crippen molar-refractivity contribution < 1.29 is 37.5 Å². The van der Waals surface area contributed by atoms with Crippen LogP contribution in [0.4, 0.5) is 4.79 Å². The summed E-state index contributed by atoms with van der Waals surface area (Å²) >= 11 is 0. The van der Waals surface area contributed by atoms with Gasteiger partial charge in [0.25, 0.3) is 5.91 Å². The Morgan fingerprint density at radius 2 is 1.70 bits per heavy atom. The monoisotopic (exact) mass is 489 g/mol. The van der Waals surface area contributed by atoms with Crippen LogP contribution in [0.2, 0.25) is 0 Å². The molecule has 0 radical (unpaired) electrons. The van der Waals surface area contributed by atoms with Gasteiger partial charge in [-0.15, -0.1) is 0 Å². The van der Waals surface area contributed by atoms with Crippen molar-refractivity contribution in [1.82, 2.24) is 15.1 Å². The van der Waals surface area contributed by atoms with Gasteiger partial charge in [-0.05, 0) is 34.6 Å². The summed E-state index contributed by atoms with van der Waals surface area (Å²) in [4.78, 5) is 41.9. The maximum absolute atomic E-state index is 13.4. The molecule has 0 saturated carbocycles.